The van der Waals surface area contributed by atoms with Crippen molar-refractivity contribution in [3.8, 4) is 5.75 Å². The molecule has 0 aliphatic carbocycles. The Morgan fingerprint density at radius 1 is 1.14 bits per heavy atom. The van der Waals surface area contributed by atoms with Crippen LogP contribution >= 0.6 is 0 Å². The quantitative estimate of drug-likeness (QED) is 0.447. The first-order valence-corrected chi connectivity index (χ1v) is 9.72. The molecule has 3 aromatic rings. The Kier molecular flexibility index (Phi) is 5.75. The summed E-state index contributed by atoms with van der Waals surface area (Å²) in [6.45, 7) is 2.69. The normalized spacial score (nSPS) is 15.4. The zero-order valence-corrected chi connectivity index (χ0v) is 16.1. The summed E-state index contributed by atoms with van der Waals surface area (Å²) in [5, 5.41) is 3.75. The number of anilines is 1. The summed E-state index contributed by atoms with van der Waals surface area (Å²) >= 11 is 0. The minimum absolute atomic E-state index is 0.675. The fraction of sp³-hybridized carbons (Fsp3) is 0.364. The van der Waals surface area contributed by atoms with E-state index in [4.69, 9.17) is 9.15 Å². The van der Waals surface area contributed by atoms with Gasteiger partial charge in [-0.1, -0.05) is 17.3 Å². The minimum Gasteiger partial charge on any atom is -0.494 e. The molecule has 1 aromatic heterocycles. The number of para-hydroxylation sites is 2. The molecule has 2 aromatic carbocycles. The van der Waals surface area contributed by atoms with Crippen LogP contribution in [-0.2, 0) is 4.84 Å². The predicted molar refractivity (Wildman–Crippen MR) is 110 cm³/mol. The molecule has 1 saturated heterocycles. The molecule has 1 fully saturated rings. The van der Waals surface area contributed by atoms with E-state index in [0.717, 1.165) is 67.4 Å². The van der Waals surface area contributed by atoms with Crippen molar-refractivity contribution in [2.45, 2.75) is 19.3 Å². The molecule has 1 aliphatic rings. The van der Waals surface area contributed by atoms with Crippen molar-refractivity contribution in [1.29, 1.82) is 0 Å². The fourth-order valence-corrected chi connectivity index (χ4v) is 3.52. The zero-order valence-electron chi connectivity index (χ0n) is 16.1. The van der Waals surface area contributed by atoms with Crippen molar-refractivity contribution >= 4 is 23.3 Å². The molecule has 0 unspecified atom stereocenters. The smallest absolute Gasteiger partial charge is 0.298 e. The van der Waals surface area contributed by atoms with E-state index in [1.54, 1.807) is 6.21 Å². The van der Waals surface area contributed by atoms with Gasteiger partial charge < -0.3 is 18.9 Å². The molecule has 0 saturated carbocycles. The molecule has 146 valence electrons. The standard InChI is InChI=1S/C22H25N3O3/c1-26-23-16-18-6-8-19(9-7-18)27-15-12-17-10-13-25(14-11-17)22-24-20-4-2-3-5-21(20)28-22/h2-9,16-17H,10-15H2,1H3/b23-16+. The van der Waals surface area contributed by atoms with Gasteiger partial charge in [0.1, 0.15) is 18.4 Å². The molecule has 1 aliphatic heterocycles. The van der Waals surface area contributed by atoms with Crippen molar-refractivity contribution < 1.29 is 14.0 Å². The van der Waals surface area contributed by atoms with Gasteiger partial charge in [0.05, 0.1) is 12.8 Å². The molecular weight excluding hydrogens is 354 g/mol. The van der Waals surface area contributed by atoms with E-state index in [1.807, 2.05) is 48.5 Å². The van der Waals surface area contributed by atoms with Crippen LogP contribution in [0.3, 0.4) is 0 Å². The van der Waals surface area contributed by atoms with E-state index in [2.05, 4.69) is 19.9 Å². The van der Waals surface area contributed by atoms with Gasteiger partial charge in [-0.05, 0) is 67.1 Å². The van der Waals surface area contributed by atoms with E-state index in [0.29, 0.717) is 5.92 Å². The molecule has 6 nitrogen and oxygen atoms in total. The van der Waals surface area contributed by atoms with Crippen LogP contribution in [-0.4, -0.2) is 38.0 Å². The number of hydrogen-bond acceptors (Lipinski definition) is 6. The minimum atomic E-state index is 0.675. The molecular formula is C22H25N3O3. The van der Waals surface area contributed by atoms with Gasteiger partial charge in [0.2, 0.25) is 0 Å². The Morgan fingerprint density at radius 2 is 1.93 bits per heavy atom. The van der Waals surface area contributed by atoms with E-state index >= 15 is 0 Å². The lowest BCUT2D eigenvalue weighted by molar-refractivity contribution is 0.215. The Morgan fingerprint density at radius 3 is 2.68 bits per heavy atom. The largest absolute Gasteiger partial charge is 0.494 e. The number of aromatic nitrogens is 1. The molecule has 0 spiro atoms. The summed E-state index contributed by atoms with van der Waals surface area (Å²) in [5.74, 6) is 1.56. The summed E-state index contributed by atoms with van der Waals surface area (Å²) < 4.78 is 11.8. The van der Waals surface area contributed by atoms with Crippen molar-refractivity contribution in [1.82, 2.24) is 4.98 Å². The third-order valence-electron chi connectivity index (χ3n) is 5.15. The van der Waals surface area contributed by atoms with Crippen molar-refractivity contribution in [3.05, 3.63) is 54.1 Å². The topological polar surface area (TPSA) is 60.1 Å². The van der Waals surface area contributed by atoms with Crippen LogP contribution in [0.25, 0.3) is 11.1 Å². The number of ether oxygens (including phenoxy) is 1. The van der Waals surface area contributed by atoms with Gasteiger partial charge in [-0.2, -0.15) is 4.98 Å². The highest BCUT2D eigenvalue weighted by Gasteiger charge is 2.22. The van der Waals surface area contributed by atoms with Crippen LogP contribution in [0.15, 0.2) is 58.1 Å². The van der Waals surface area contributed by atoms with Crippen molar-refractivity contribution in [2.24, 2.45) is 11.1 Å². The second-order valence-electron chi connectivity index (χ2n) is 7.02. The summed E-state index contributed by atoms with van der Waals surface area (Å²) in [7, 11) is 1.53. The monoisotopic (exact) mass is 379 g/mol. The summed E-state index contributed by atoms with van der Waals surface area (Å²) in [5.41, 5.74) is 2.76. The third-order valence-corrected chi connectivity index (χ3v) is 5.15. The van der Waals surface area contributed by atoms with Gasteiger partial charge in [-0.3, -0.25) is 0 Å². The second-order valence-corrected chi connectivity index (χ2v) is 7.02. The molecule has 0 radical (unpaired) electrons. The number of rotatable bonds is 7. The van der Waals surface area contributed by atoms with E-state index in [1.165, 1.54) is 7.11 Å². The van der Waals surface area contributed by atoms with Crippen molar-refractivity contribution in [3.63, 3.8) is 0 Å². The highest BCUT2D eigenvalue weighted by molar-refractivity contribution is 5.79. The maximum absolute atomic E-state index is 5.90. The van der Waals surface area contributed by atoms with E-state index in [9.17, 15) is 0 Å². The van der Waals surface area contributed by atoms with Crippen LogP contribution in [0.2, 0.25) is 0 Å². The van der Waals surface area contributed by atoms with Gasteiger partial charge in [-0.15, -0.1) is 0 Å². The van der Waals surface area contributed by atoms with Gasteiger partial charge in [0.25, 0.3) is 6.01 Å². The summed E-state index contributed by atoms with van der Waals surface area (Å²) in [6.07, 6.45) is 5.01. The maximum Gasteiger partial charge on any atom is 0.298 e. The SMILES string of the molecule is CO/N=C/c1ccc(OCCC2CCN(c3nc4ccccc4o3)CC2)cc1. The molecule has 6 heteroatoms. The van der Waals surface area contributed by atoms with Gasteiger partial charge in [-0.25, -0.2) is 0 Å². The van der Waals surface area contributed by atoms with Crippen LogP contribution in [0.4, 0.5) is 6.01 Å². The zero-order chi connectivity index (χ0) is 19.2. The van der Waals surface area contributed by atoms with Gasteiger partial charge in [0, 0.05) is 13.1 Å². The average Bonchev–Trinajstić information content (AvgIpc) is 3.18. The van der Waals surface area contributed by atoms with E-state index < -0.39 is 0 Å². The highest BCUT2D eigenvalue weighted by Crippen LogP contribution is 2.27. The number of oxime groups is 1. The summed E-state index contributed by atoms with van der Waals surface area (Å²) in [6, 6.07) is 16.5. The second kappa shape index (κ2) is 8.78. The van der Waals surface area contributed by atoms with Crippen LogP contribution in [0.1, 0.15) is 24.8 Å². The van der Waals surface area contributed by atoms with Gasteiger partial charge in [0.15, 0.2) is 5.58 Å². The van der Waals surface area contributed by atoms with Gasteiger partial charge >= 0.3 is 0 Å². The predicted octanol–water partition coefficient (Wildman–Crippen LogP) is 4.49. The number of piperidine rings is 1. The maximum atomic E-state index is 5.90. The Hall–Kier alpha value is -3.02. The average molecular weight is 379 g/mol. The van der Waals surface area contributed by atoms with Crippen LogP contribution in [0, 0.1) is 5.92 Å². The Balaban J connectivity index is 1.22. The lowest BCUT2D eigenvalue weighted by atomic mass is 9.94. The Labute approximate surface area is 164 Å². The molecule has 0 N–H and O–H groups in total. The number of fused-ring (bicyclic) bond motifs is 1. The first kappa shape index (κ1) is 18.3. The molecule has 4 rings (SSSR count). The highest BCUT2D eigenvalue weighted by atomic mass is 16.6. The molecule has 0 atom stereocenters. The first-order chi connectivity index (χ1) is 13.8. The molecule has 0 bridgehead atoms. The number of benzene rings is 2. The number of nitrogens with zero attached hydrogens (tertiary/aromatic N) is 3. The number of hydrogen-bond donors (Lipinski definition) is 0. The summed E-state index contributed by atoms with van der Waals surface area (Å²) in [4.78, 5) is 11.5. The third kappa shape index (κ3) is 4.44. The Bertz CT molecular complexity index is 879. The van der Waals surface area contributed by atoms with Crippen LogP contribution in [0.5, 0.6) is 5.75 Å². The van der Waals surface area contributed by atoms with Crippen LogP contribution < -0.4 is 9.64 Å². The number of oxazole rings is 1. The first-order valence-electron chi connectivity index (χ1n) is 9.72. The molecule has 28 heavy (non-hydrogen) atoms. The van der Waals surface area contributed by atoms with Crippen molar-refractivity contribution in [2.75, 3.05) is 31.7 Å². The van der Waals surface area contributed by atoms with E-state index in [-0.39, 0.29) is 0 Å². The lowest BCUT2D eigenvalue weighted by Gasteiger charge is -2.30. The lowest BCUT2D eigenvalue weighted by Crippen LogP contribution is -2.34. The molecule has 0 amide bonds. The molecule has 2 heterocycles. The fourth-order valence-electron chi connectivity index (χ4n) is 3.52.